The van der Waals surface area contributed by atoms with Crippen LogP contribution in [0.1, 0.15) is 60.5 Å². The first-order valence-electron chi connectivity index (χ1n) is 14.0. The minimum Gasteiger partial charge on any atom is -0.364 e. The van der Waals surface area contributed by atoms with Gasteiger partial charge < -0.3 is 30.7 Å². The predicted octanol–water partition coefficient (Wildman–Crippen LogP) is 3.00. The van der Waals surface area contributed by atoms with Gasteiger partial charge in [0.15, 0.2) is 11.5 Å². The van der Waals surface area contributed by atoms with Crippen molar-refractivity contribution in [3.63, 3.8) is 0 Å². The number of piperidine rings is 2. The van der Waals surface area contributed by atoms with Gasteiger partial charge in [-0.2, -0.15) is 0 Å². The number of urea groups is 1. The molecule has 4 aliphatic rings. The van der Waals surface area contributed by atoms with Gasteiger partial charge in [-0.1, -0.05) is 12.1 Å². The fourth-order valence-corrected chi connectivity index (χ4v) is 6.24. The molecule has 2 aromatic rings. The highest BCUT2D eigenvalue weighted by Crippen LogP contribution is 2.35. The molecule has 4 heterocycles. The zero-order valence-electron chi connectivity index (χ0n) is 22.2. The van der Waals surface area contributed by atoms with E-state index in [-0.39, 0.29) is 17.8 Å². The Balaban J connectivity index is 1.15. The minimum absolute atomic E-state index is 0.0891. The van der Waals surface area contributed by atoms with E-state index in [1.165, 1.54) is 44.3 Å². The molecule has 6 rings (SSSR count). The van der Waals surface area contributed by atoms with Gasteiger partial charge in [0, 0.05) is 45.0 Å². The van der Waals surface area contributed by atoms with Gasteiger partial charge in [-0.15, -0.1) is 0 Å². The average molecular weight is 519 g/mol. The highest BCUT2D eigenvalue weighted by molar-refractivity contribution is 5.96. The monoisotopic (exact) mass is 518 g/mol. The quantitative estimate of drug-likeness (QED) is 0.580. The van der Waals surface area contributed by atoms with Crippen molar-refractivity contribution in [1.82, 2.24) is 24.7 Å². The van der Waals surface area contributed by atoms with Crippen LogP contribution in [-0.4, -0.2) is 95.0 Å². The number of carbonyl (C=O) groups is 2. The van der Waals surface area contributed by atoms with Crippen LogP contribution in [-0.2, 0) is 0 Å². The van der Waals surface area contributed by atoms with Gasteiger partial charge in [-0.3, -0.25) is 4.79 Å². The highest BCUT2D eigenvalue weighted by atomic mass is 16.2. The number of nitrogens with two attached hydrogens (primary N) is 1. The van der Waals surface area contributed by atoms with E-state index in [0.29, 0.717) is 24.1 Å². The Kier molecular flexibility index (Phi) is 6.82. The van der Waals surface area contributed by atoms with E-state index in [1.807, 2.05) is 24.1 Å². The topological polar surface area (TPSA) is 111 Å². The maximum atomic E-state index is 12.5. The molecule has 0 spiro atoms. The second-order valence-corrected chi connectivity index (χ2v) is 11.2. The molecule has 1 saturated carbocycles. The number of rotatable bonds is 7. The maximum Gasteiger partial charge on any atom is 0.320 e. The van der Waals surface area contributed by atoms with Crippen LogP contribution in [0.4, 0.5) is 22.1 Å². The van der Waals surface area contributed by atoms with Crippen molar-refractivity contribution < 1.29 is 9.59 Å². The number of anilines is 3. The minimum atomic E-state index is -0.618. The first kappa shape index (κ1) is 24.9. The summed E-state index contributed by atoms with van der Waals surface area (Å²) in [5.74, 6) is 1.02. The number of benzene rings is 1. The number of nitrogens with zero attached hydrogens (tertiary/aromatic N) is 6. The standard InChI is InChI=1S/C28H38N8O2/c1-33-15-16-36(28(33)38)23-3-2-12-35(18-23)24-17-30-25(26(29)37)27(32-24)31-21-6-4-19(5-7-21)20-10-13-34(14-11-20)22-8-9-22/h4-7,17,20,22-23H,2-3,8-16,18H2,1H3,(H2,29,37)(H,31,32)/t23-/m1/s1. The lowest BCUT2D eigenvalue weighted by Gasteiger charge is -2.37. The third-order valence-electron chi connectivity index (χ3n) is 8.64. The number of nitrogens with one attached hydrogen (secondary N) is 1. The third-order valence-corrected chi connectivity index (χ3v) is 8.64. The molecule has 0 radical (unpaired) electrons. The third kappa shape index (κ3) is 5.14. The number of aromatic nitrogens is 2. The zero-order chi connectivity index (χ0) is 26.2. The van der Waals surface area contributed by atoms with Gasteiger partial charge >= 0.3 is 6.03 Å². The van der Waals surface area contributed by atoms with Crippen LogP contribution in [0.15, 0.2) is 30.5 Å². The van der Waals surface area contributed by atoms with Gasteiger partial charge in [0.25, 0.3) is 5.91 Å². The molecule has 0 unspecified atom stereocenters. The number of carbonyl (C=O) groups excluding carboxylic acids is 2. The lowest BCUT2D eigenvalue weighted by Crippen LogP contribution is -2.49. The molecule has 3 amide bonds. The summed E-state index contributed by atoms with van der Waals surface area (Å²) < 4.78 is 0. The molecule has 10 nitrogen and oxygen atoms in total. The number of likely N-dealkylation sites (N-methyl/N-ethyl adjacent to an activating group) is 1. The van der Waals surface area contributed by atoms with Gasteiger partial charge in [-0.25, -0.2) is 14.8 Å². The predicted molar refractivity (Wildman–Crippen MR) is 147 cm³/mol. The summed E-state index contributed by atoms with van der Waals surface area (Å²) in [7, 11) is 1.85. The Labute approximate surface area is 224 Å². The van der Waals surface area contributed by atoms with Gasteiger partial charge in [0.1, 0.15) is 5.82 Å². The van der Waals surface area contributed by atoms with Crippen molar-refractivity contribution in [2.45, 2.75) is 56.5 Å². The van der Waals surface area contributed by atoms with Gasteiger partial charge in [-0.05, 0) is 75.2 Å². The van der Waals surface area contributed by atoms with E-state index in [4.69, 9.17) is 10.7 Å². The molecule has 1 aromatic carbocycles. The Hall–Kier alpha value is -3.40. The lowest BCUT2D eigenvalue weighted by atomic mass is 9.89. The summed E-state index contributed by atoms with van der Waals surface area (Å²) in [5.41, 5.74) is 7.97. The molecule has 1 aliphatic carbocycles. The van der Waals surface area contributed by atoms with Crippen LogP contribution in [0.5, 0.6) is 0 Å². The Morgan fingerprint density at radius 3 is 2.39 bits per heavy atom. The van der Waals surface area contributed by atoms with E-state index in [1.54, 1.807) is 11.1 Å². The number of hydrogen-bond acceptors (Lipinski definition) is 7. The van der Waals surface area contributed by atoms with E-state index in [2.05, 4.69) is 32.2 Å². The first-order valence-corrected chi connectivity index (χ1v) is 14.0. The second-order valence-electron chi connectivity index (χ2n) is 11.2. The molecule has 38 heavy (non-hydrogen) atoms. The summed E-state index contributed by atoms with van der Waals surface area (Å²) in [5, 5.41) is 3.29. The van der Waals surface area contributed by atoms with Crippen molar-refractivity contribution >= 4 is 29.3 Å². The molecule has 0 bridgehead atoms. The highest BCUT2D eigenvalue weighted by Gasteiger charge is 2.35. The summed E-state index contributed by atoms with van der Waals surface area (Å²) in [6, 6.07) is 9.53. The maximum absolute atomic E-state index is 12.5. The molecule has 3 saturated heterocycles. The average Bonchev–Trinajstić information content (AvgIpc) is 3.74. The van der Waals surface area contributed by atoms with Crippen LogP contribution in [0, 0.1) is 0 Å². The molecular formula is C28H38N8O2. The largest absolute Gasteiger partial charge is 0.364 e. The Morgan fingerprint density at radius 1 is 0.974 bits per heavy atom. The van der Waals surface area contributed by atoms with E-state index >= 15 is 0 Å². The normalized spacial score (nSPS) is 23.2. The fourth-order valence-electron chi connectivity index (χ4n) is 6.24. The summed E-state index contributed by atoms with van der Waals surface area (Å²) in [6.45, 7) is 5.42. The fraction of sp³-hybridized carbons (Fsp3) is 0.571. The zero-order valence-corrected chi connectivity index (χ0v) is 22.2. The summed E-state index contributed by atoms with van der Waals surface area (Å²) in [4.78, 5) is 42.4. The molecule has 10 heteroatoms. The molecule has 1 aromatic heterocycles. The summed E-state index contributed by atoms with van der Waals surface area (Å²) >= 11 is 0. The number of hydrogen-bond donors (Lipinski definition) is 2. The lowest BCUT2D eigenvalue weighted by molar-refractivity contribution is 0.0996. The molecule has 202 valence electrons. The first-order chi connectivity index (χ1) is 18.5. The molecular weight excluding hydrogens is 480 g/mol. The molecule has 4 fully saturated rings. The van der Waals surface area contributed by atoms with E-state index in [0.717, 1.165) is 44.2 Å². The van der Waals surface area contributed by atoms with Crippen molar-refractivity contribution in [3.8, 4) is 0 Å². The Bertz CT molecular complexity index is 1180. The van der Waals surface area contributed by atoms with Crippen LogP contribution < -0.4 is 16.0 Å². The smallest absolute Gasteiger partial charge is 0.320 e. The van der Waals surface area contributed by atoms with E-state index < -0.39 is 5.91 Å². The van der Waals surface area contributed by atoms with Crippen molar-refractivity contribution in [1.29, 1.82) is 0 Å². The molecule has 3 N–H and O–H groups in total. The Morgan fingerprint density at radius 2 is 1.74 bits per heavy atom. The number of amides is 3. The van der Waals surface area contributed by atoms with Crippen molar-refractivity contribution in [3.05, 3.63) is 41.7 Å². The second kappa shape index (κ2) is 10.4. The summed E-state index contributed by atoms with van der Waals surface area (Å²) in [6.07, 6.45) is 8.70. The number of likely N-dealkylation sites (tertiary alicyclic amines) is 1. The van der Waals surface area contributed by atoms with Crippen LogP contribution in [0.3, 0.4) is 0 Å². The molecule has 1 atom stereocenters. The van der Waals surface area contributed by atoms with Crippen molar-refractivity contribution in [2.75, 3.05) is 56.5 Å². The van der Waals surface area contributed by atoms with Crippen LogP contribution >= 0.6 is 0 Å². The SMILES string of the molecule is CN1CCN([C@@H]2CCCN(c3cnc(C(N)=O)c(Nc4ccc(C5CCN(C6CC6)CC5)cc4)n3)C2)C1=O. The van der Waals surface area contributed by atoms with Gasteiger partial charge in [0.05, 0.1) is 12.2 Å². The van der Waals surface area contributed by atoms with Crippen LogP contribution in [0.25, 0.3) is 0 Å². The number of primary amides is 1. The van der Waals surface area contributed by atoms with Crippen LogP contribution in [0.2, 0.25) is 0 Å². The van der Waals surface area contributed by atoms with Gasteiger partial charge in [0.2, 0.25) is 0 Å². The van der Waals surface area contributed by atoms with Crippen molar-refractivity contribution in [2.24, 2.45) is 5.73 Å². The molecule has 3 aliphatic heterocycles. The van der Waals surface area contributed by atoms with E-state index in [9.17, 15) is 9.59 Å².